The number of nitrogens with one attached hydrogen (secondary N) is 1. The van der Waals surface area contributed by atoms with Crippen molar-refractivity contribution in [2.24, 2.45) is 0 Å². The molecule has 0 aliphatic carbocycles. The molecule has 0 radical (unpaired) electrons. The van der Waals surface area contributed by atoms with E-state index in [0.29, 0.717) is 0 Å². The Balaban J connectivity index is 4.22. The molecule has 2 N–H and O–H groups in total. The summed E-state index contributed by atoms with van der Waals surface area (Å²) < 4.78 is 4.59. The Hall–Kier alpha value is -1.36. The Kier molecular flexibility index (Phi) is 6.37. The number of carboxylic acids is 1. The van der Waals surface area contributed by atoms with Crippen molar-refractivity contribution < 1.29 is 19.4 Å². The number of rotatable bonds is 6. The predicted octanol–water partition coefficient (Wildman–Crippen LogP) is 0.558. The highest BCUT2D eigenvalue weighted by atomic mass is 16.5. The van der Waals surface area contributed by atoms with E-state index in [4.69, 9.17) is 5.11 Å². The Morgan fingerprint density at radius 3 is 2.47 bits per heavy atom. The van der Waals surface area contributed by atoms with Crippen LogP contribution in [-0.2, 0) is 14.3 Å². The van der Waals surface area contributed by atoms with E-state index in [0.717, 1.165) is 5.57 Å². The number of aliphatic carboxylic acids is 1. The quantitative estimate of drug-likeness (QED) is 0.635. The maximum absolute atomic E-state index is 11.1. The standard InChI is InChI=1S/C10H17NO4/c1-7(2)4-5-8(10(13)14)11-9(12)6-15-3/h4,8H,5-6H2,1-3H3,(H,11,12)(H,13,14)/t8-/m0/s1. The second kappa shape index (κ2) is 7.00. The van der Waals surface area contributed by atoms with E-state index < -0.39 is 17.9 Å². The minimum atomic E-state index is -1.04. The third kappa shape index (κ3) is 6.68. The molecule has 0 aliphatic heterocycles. The van der Waals surface area contributed by atoms with Gasteiger partial charge in [-0.15, -0.1) is 0 Å². The van der Waals surface area contributed by atoms with Crippen molar-refractivity contribution in [3.05, 3.63) is 11.6 Å². The van der Waals surface area contributed by atoms with Crippen LogP contribution in [0.4, 0.5) is 0 Å². The summed E-state index contributed by atoms with van der Waals surface area (Å²) in [5.74, 6) is -1.47. The maximum Gasteiger partial charge on any atom is 0.326 e. The van der Waals surface area contributed by atoms with Gasteiger partial charge < -0.3 is 15.2 Å². The van der Waals surface area contributed by atoms with E-state index in [1.54, 1.807) is 6.08 Å². The van der Waals surface area contributed by atoms with Crippen molar-refractivity contribution in [2.75, 3.05) is 13.7 Å². The number of methoxy groups -OCH3 is 1. The molecule has 1 amide bonds. The fraction of sp³-hybridized carbons (Fsp3) is 0.600. The van der Waals surface area contributed by atoms with Crippen molar-refractivity contribution in [2.45, 2.75) is 26.3 Å². The first-order chi connectivity index (χ1) is 6.97. The lowest BCUT2D eigenvalue weighted by molar-refractivity contribution is -0.142. The van der Waals surface area contributed by atoms with E-state index in [2.05, 4.69) is 10.1 Å². The van der Waals surface area contributed by atoms with Crippen LogP contribution in [0.1, 0.15) is 20.3 Å². The number of hydrogen-bond donors (Lipinski definition) is 2. The zero-order chi connectivity index (χ0) is 11.8. The summed E-state index contributed by atoms with van der Waals surface area (Å²) in [5.41, 5.74) is 1.02. The summed E-state index contributed by atoms with van der Waals surface area (Å²) >= 11 is 0. The molecule has 0 aliphatic rings. The van der Waals surface area contributed by atoms with Crippen LogP contribution in [-0.4, -0.2) is 36.7 Å². The predicted molar refractivity (Wildman–Crippen MR) is 55.5 cm³/mol. The normalized spacial score (nSPS) is 11.7. The summed E-state index contributed by atoms with van der Waals surface area (Å²) in [5, 5.41) is 11.2. The number of carbonyl (C=O) groups excluding carboxylic acids is 1. The SMILES string of the molecule is COCC(=O)N[C@@H](CC=C(C)C)C(=O)O. The molecule has 0 bridgehead atoms. The van der Waals surface area contributed by atoms with Gasteiger partial charge in [0.25, 0.3) is 0 Å². The molecule has 0 saturated heterocycles. The molecule has 1 atom stereocenters. The monoisotopic (exact) mass is 215 g/mol. The van der Waals surface area contributed by atoms with E-state index in [1.807, 2.05) is 13.8 Å². The molecule has 0 spiro atoms. The minimum absolute atomic E-state index is 0.126. The number of hydrogen-bond acceptors (Lipinski definition) is 3. The summed E-state index contributed by atoms with van der Waals surface area (Å²) in [6.45, 7) is 3.62. The van der Waals surface area contributed by atoms with Crippen molar-refractivity contribution in [1.29, 1.82) is 0 Å². The molecule has 0 saturated carbocycles. The van der Waals surface area contributed by atoms with Gasteiger partial charge in [0.15, 0.2) is 0 Å². The average Bonchev–Trinajstić information content (AvgIpc) is 2.11. The van der Waals surface area contributed by atoms with Crippen LogP contribution in [0.5, 0.6) is 0 Å². The lowest BCUT2D eigenvalue weighted by Gasteiger charge is -2.12. The molecule has 0 fully saturated rings. The third-order valence-corrected chi connectivity index (χ3v) is 1.67. The topological polar surface area (TPSA) is 75.6 Å². The Morgan fingerprint density at radius 1 is 1.47 bits per heavy atom. The minimum Gasteiger partial charge on any atom is -0.480 e. The first kappa shape index (κ1) is 13.6. The number of allylic oxidation sites excluding steroid dienone is 1. The van der Waals surface area contributed by atoms with Crippen LogP contribution >= 0.6 is 0 Å². The van der Waals surface area contributed by atoms with Gasteiger partial charge in [-0.3, -0.25) is 4.79 Å². The van der Waals surface area contributed by atoms with Gasteiger partial charge in [0, 0.05) is 7.11 Å². The largest absolute Gasteiger partial charge is 0.480 e. The fourth-order valence-electron chi connectivity index (χ4n) is 0.942. The Morgan fingerprint density at radius 2 is 2.07 bits per heavy atom. The van der Waals surface area contributed by atoms with Gasteiger partial charge in [0.2, 0.25) is 5.91 Å². The van der Waals surface area contributed by atoms with Gasteiger partial charge in [-0.2, -0.15) is 0 Å². The zero-order valence-electron chi connectivity index (χ0n) is 9.24. The van der Waals surface area contributed by atoms with E-state index in [-0.39, 0.29) is 13.0 Å². The highest BCUT2D eigenvalue weighted by Crippen LogP contribution is 1.99. The summed E-state index contributed by atoms with van der Waals surface area (Å²) in [7, 11) is 1.38. The first-order valence-corrected chi connectivity index (χ1v) is 4.61. The van der Waals surface area contributed by atoms with Crippen LogP contribution in [0.25, 0.3) is 0 Å². The molecule has 0 aromatic rings. The summed E-state index contributed by atoms with van der Waals surface area (Å²) in [6, 6.07) is -0.887. The fourth-order valence-corrected chi connectivity index (χ4v) is 0.942. The van der Waals surface area contributed by atoms with Crippen molar-refractivity contribution >= 4 is 11.9 Å². The molecule has 0 aromatic carbocycles. The van der Waals surface area contributed by atoms with Gasteiger partial charge in [-0.05, 0) is 20.3 Å². The molecule has 5 heteroatoms. The van der Waals surface area contributed by atoms with Crippen LogP contribution in [0.15, 0.2) is 11.6 Å². The van der Waals surface area contributed by atoms with Crippen molar-refractivity contribution in [3.8, 4) is 0 Å². The molecular weight excluding hydrogens is 198 g/mol. The van der Waals surface area contributed by atoms with Crippen LogP contribution < -0.4 is 5.32 Å². The molecule has 0 unspecified atom stereocenters. The summed E-state index contributed by atoms with van der Waals surface area (Å²) in [6.07, 6.45) is 2.05. The van der Waals surface area contributed by atoms with Crippen molar-refractivity contribution in [1.82, 2.24) is 5.32 Å². The third-order valence-electron chi connectivity index (χ3n) is 1.67. The highest BCUT2D eigenvalue weighted by molar-refractivity contribution is 5.84. The summed E-state index contributed by atoms with van der Waals surface area (Å²) in [4.78, 5) is 21.8. The highest BCUT2D eigenvalue weighted by Gasteiger charge is 2.17. The number of amides is 1. The average molecular weight is 215 g/mol. The molecular formula is C10H17NO4. The smallest absolute Gasteiger partial charge is 0.326 e. The van der Waals surface area contributed by atoms with Crippen LogP contribution in [0, 0.1) is 0 Å². The lowest BCUT2D eigenvalue weighted by Crippen LogP contribution is -2.42. The molecule has 0 aromatic heterocycles. The number of carboxylic acid groups (broad SMARTS) is 1. The van der Waals surface area contributed by atoms with E-state index in [1.165, 1.54) is 7.11 Å². The molecule has 0 rings (SSSR count). The van der Waals surface area contributed by atoms with Crippen molar-refractivity contribution in [3.63, 3.8) is 0 Å². The van der Waals surface area contributed by atoms with Gasteiger partial charge >= 0.3 is 5.97 Å². The molecule has 5 nitrogen and oxygen atoms in total. The number of ether oxygens (including phenoxy) is 1. The molecule has 0 heterocycles. The van der Waals surface area contributed by atoms with Gasteiger partial charge in [-0.1, -0.05) is 11.6 Å². The Labute approximate surface area is 89.1 Å². The zero-order valence-corrected chi connectivity index (χ0v) is 9.24. The van der Waals surface area contributed by atoms with E-state index >= 15 is 0 Å². The van der Waals surface area contributed by atoms with E-state index in [9.17, 15) is 9.59 Å². The van der Waals surface area contributed by atoms with Gasteiger partial charge in [0.05, 0.1) is 0 Å². The van der Waals surface area contributed by atoms with Gasteiger partial charge in [0.1, 0.15) is 12.6 Å². The maximum atomic E-state index is 11.1. The lowest BCUT2D eigenvalue weighted by atomic mass is 10.1. The molecule has 15 heavy (non-hydrogen) atoms. The first-order valence-electron chi connectivity index (χ1n) is 4.61. The number of carbonyl (C=O) groups is 2. The second-order valence-electron chi connectivity index (χ2n) is 3.41. The molecule has 86 valence electrons. The van der Waals surface area contributed by atoms with Crippen LogP contribution in [0.2, 0.25) is 0 Å². The van der Waals surface area contributed by atoms with Gasteiger partial charge in [-0.25, -0.2) is 4.79 Å². The Bertz CT molecular complexity index is 256. The van der Waals surface area contributed by atoms with Crippen LogP contribution in [0.3, 0.4) is 0 Å². The second-order valence-corrected chi connectivity index (χ2v) is 3.41.